The third-order valence-electron chi connectivity index (χ3n) is 2.55. The molecule has 2 N–H and O–H groups in total. The van der Waals surface area contributed by atoms with Crippen LogP contribution < -0.4 is 10.6 Å². The van der Waals surface area contributed by atoms with Crippen molar-refractivity contribution in [2.45, 2.75) is 26.1 Å². The van der Waals surface area contributed by atoms with Gasteiger partial charge in [0.1, 0.15) is 0 Å². The molecular formula is C13H17F3N2O. The quantitative estimate of drug-likeness (QED) is 0.782. The standard InChI is InChI=1S/C13H17F3N2O/c1-2-17-8-7-12(19)18-9-10-3-5-11(6-4-10)13(14,15)16/h3-6,17H,2,7-9H2,1H3,(H,18,19). The van der Waals surface area contributed by atoms with Gasteiger partial charge in [-0.1, -0.05) is 19.1 Å². The lowest BCUT2D eigenvalue weighted by Gasteiger charge is -2.08. The molecule has 0 radical (unpaired) electrons. The number of nitrogens with one attached hydrogen (secondary N) is 2. The number of halogens is 3. The second-order valence-electron chi connectivity index (χ2n) is 4.07. The van der Waals surface area contributed by atoms with Gasteiger partial charge in [-0.25, -0.2) is 0 Å². The van der Waals surface area contributed by atoms with Crippen molar-refractivity contribution in [1.29, 1.82) is 0 Å². The maximum atomic E-state index is 12.3. The summed E-state index contributed by atoms with van der Waals surface area (Å²) in [5, 5.41) is 5.67. The van der Waals surface area contributed by atoms with E-state index in [1.54, 1.807) is 0 Å². The molecule has 1 aromatic rings. The molecule has 0 heterocycles. The predicted molar refractivity (Wildman–Crippen MR) is 66.5 cm³/mol. The fourth-order valence-electron chi connectivity index (χ4n) is 1.48. The van der Waals surface area contributed by atoms with E-state index in [1.165, 1.54) is 12.1 Å². The van der Waals surface area contributed by atoms with Crippen LogP contribution in [0.25, 0.3) is 0 Å². The lowest BCUT2D eigenvalue weighted by atomic mass is 10.1. The zero-order valence-electron chi connectivity index (χ0n) is 10.7. The number of rotatable bonds is 6. The fourth-order valence-corrected chi connectivity index (χ4v) is 1.48. The lowest BCUT2D eigenvalue weighted by molar-refractivity contribution is -0.137. The molecule has 1 rings (SSSR count). The molecule has 19 heavy (non-hydrogen) atoms. The Morgan fingerprint density at radius 1 is 1.21 bits per heavy atom. The number of carbonyl (C=O) groups excluding carboxylic acids is 1. The van der Waals surface area contributed by atoms with Crippen LogP contribution in [0, 0.1) is 0 Å². The summed E-state index contributed by atoms with van der Waals surface area (Å²) in [6, 6.07) is 4.76. The van der Waals surface area contributed by atoms with Crippen molar-refractivity contribution in [3.05, 3.63) is 35.4 Å². The van der Waals surface area contributed by atoms with Gasteiger partial charge < -0.3 is 10.6 Å². The predicted octanol–water partition coefficient (Wildman–Crippen LogP) is 2.32. The Hall–Kier alpha value is -1.56. The van der Waals surface area contributed by atoms with Crippen LogP contribution in [0.3, 0.4) is 0 Å². The van der Waals surface area contributed by atoms with E-state index in [0.29, 0.717) is 18.5 Å². The van der Waals surface area contributed by atoms with Gasteiger partial charge in [0.05, 0.1) is 5.56 Å². The van der Waals surface area contributed by atoms with Crippen LogP contribution in [0.5, 0.6) is 0 Å². The fraction of sp³-hybridized carbons (Fsp3) is 0.462. The van der Waals surface area contributed by atoms with Crippen molar-refractivity contribution in [2.75, 3.05) is 13.1 Å². The van der Waals surface area contributed by atoms with E-state index in [2.05, 4.69) is 10.6 Å². The molecule has 6 heteroatoms. The third-order valence-corrected chi connectivity index (χ3v) is 2.55. The molecule has 0 atom stereocenters. The lowest BCUT2D eigenvalue weighted by Crippen LogP contribution is -2.27. The van der Waals surface area contributed by atoms with Crippen molar-refractivity contribution >= 4 is 5.91 Å². The largest absolute Gasteiger partial charge is 0.416 e. The van der Waals surface area contributed by atoms with E-state index in [4.69, 9.17) is 0 Å². The highest BCUT2D eigenvalue weighted by Crippen LogP contribution is 2.28. The smallest absolute Gasteiger partial charge is 0.352 e. The number of alkyl halides is 3. The molecule has 0 bridgehead atoms. The maximum Gasteiger partial charge on any atom is 0.416 e. The average Bonchev–Trinajstić information content (AvgIpc) is 2.36. The van der Waals surface area contributed by atoms with Gasteiger partial charge in [-0.2, -0.15) is 13.2 Å². The number of benzene rings is 1. The van der Waals surface area contributed by atoms with E-state index >= 15 is 0 Å². The molecular weight excluding hydrogens is 257 g/mol. The van der Waals surface area contributed by atoms with Gasteiger partial charge in [0.25, 0.3) is 0 Å². The van der Waals surface area contributed by atoms with Crippen molar-refractivity contribution in [3.63, 3.8) is 0 Å². The minimum atomic E-state index is -4.33. The van der Waals surface area contributed by atoms with Crippen LogP contribution in [0.1, 0.15) is 24.5 Å². The molecule has 0 spiro atoms. The second-order valence-corrected chi connectivity index (χ2v) is 4.07. The summed E-state index contributed by atoms with van der Waals surface area (Å²) in [5.41, 5.74) is -0.0421. The Labute approximate surface area is 110 Å². The minimum Gasteiger partial charge on any atom is -0.352 e. The normalized spacial score (nSPS) is 11.4. The number of amides is 1. The summed E-state index contributed by atoms with van der Waals surface area (Å²) in [4.78, 5) is 11.4. The summed E-state index contributed by atoms with van der Waals surface area (Å²) in [5.74, 6) is -0.124. The molecule has 0 aromatic heterocycles. The summed E-state index contributed by atoms with van der Waals surface area (Å²) in [7, 11) is 0. The van der Waals surface area contributed by atoms with Crippen LogP contribution in [0.4, 0.5) is 13.2 Å². The molecule has 3 nitrogen and oxygen atoms in total. The SMILES string of the molecule is CCNCCC(=O)NCc1ccc(C(F)(F)F)cc1. The molecule has 1 aromatic carbocycles. The molecule has 0 aliphatic rings. The van der Waals surface area contributed by atoms with Gasteiger partial charge in [-0.05, 0) is 24.2 Å². The third kappa shape index (κ3) is 5.74. The summed E-state index contributed by atoms with van der Waals surface area (Å²) in [6.07, 6.45) is -3.97. The summed E-state index contributed by atoms with van der Waals surface area (Å²) in [6.45, 7) is 3.57. The highest BCUT2D eigenvalue weighted by Gasteiger charge is 2.29. The van der Waals surface area contributed by atoms with Crippen molar-refractivity contribution in [2.24, 2.45) is 0 Å². The van der Waals surface area contributed by atoms with Crippen molar-refractivity contribution < 1.29 is 18.0 Å². The first kappa shape index (κ1) is 15.5. The monoisotopic (exact) mass is 274 g/mol. The van der Waals surface area contributed by atoms with E-state index in [9.17, 15) is 18.0 Å². The van der Waals surface area contributed by atoms with Crippen LogP contribution in [0.2, 0.25) is 0 Å². The Bertz CT molecular complexity index is 401. The Morgan fingerprint density at radius 2 is 1.84 bits per heavy atom. The van der Waals surface area contributed by atoms with Gasteiger partial charge in [0.15, 0.2) is 0 Å². The second kappa shape index (κ2) is 7.13. The Kier molecular flexibility index (Phi) is 5.82. The molecule has 0 saturated carbocycles. The summed E-state index contributed by atoms with van der Waals surface area (Å²) < 4.78 is 37.0. The average molecular weight is 274 g/mol. The zero-order valence-corrected chi connectivity index (χ0v) is 10.7. The first-order valence-electron chi connectivity index (χ1n) is 6.07. The van der Waals surface area contributed by atoms with E-state index < -0.39 is 11.7 Å². The van der Waals surface area contributed by atoms with E-state index in [-0.39, 0.29) is 12.5 Å². The molecule has 0 aliphatic heterocycles. The number of hydrogen-bond acceptors (Lipinski definition) is 2. The van der Waals surface area contributed by atoms with Gasteiger partial charge in [-0.15, -0.1) is 0 Å². The number of carbonyl (C=O) groups is 1. The number of hydrogen-bond donors (Lipinski definition) is 2. The first-order valence-corrected chi connectivity index (χ1v) is 6.07. The van der Waals surface area contributed by atoms with Crippen LogP contribution in [-0.2, 0) is 17.5 Å². The zero-order chi connectivity index (χ0) is 14.3. The molecule has 0 fully saturated rings. The van der Waals surface area contributed by atoms with Crippen LogP contribution in [-0.4, -0.2) is 19.0 Å². The van der Waals surface area contributed by atoms with Crippen molar-refractivity contribution in [3.8, 4) is 0 Å². The van der Waals surface area contributed by atoms with Crippen LogP contribution >= 0.6 is 0 Å². The van der Waals surface area contributed by atoms with Gasteiger partial charge in [-0.3, -0.25) is 4.79 Å². The molecule has 0 aliphatic carbocycles. The van der Waals surface area contributed by atoms with E-state index in [0.717, 1.165) is 18.7 Å². The summed E-state index contributed by atoms with van der Waals surface area (Å²) >= 11 is 0. The molecule has 0 saturated heterocycles. The van der Waals surface area contributed by atoms with Gasteiger partial charge in [0, 0.05) is 19.5 Å². The Morgan fingerprint density at radius 3 is 2.37 bits per heavy atom. The minimum absolute atomic E-state index is 0.124. The van der Waals surface area contributed by atoms with Crippen molar-refractivity contribution in [1.82, 2.24) is 10.6 Å². The van der Waals surface area contributed by atoms with E-state index in [1.807, 2.05) is 6.92 Å². The van der Waals surface area contributed by atoms with Gasteiger partial charge in [0.2, 0.25) is 5.91 Å². The van der Waals surface area contributed by atoms with Crippen LogP contribution in [0.15, 0.2) is 24.3 Å². The molecule has 1 amide bonds. The maximum absolute atomic E-state index is 12.3. The highest BCUT2D eigenvalue weighted by molar-refractivity contribution is 5.76. The molecule has 106 valence electrons. The first-order chi connectivity index (χ1) is 8.93. The Balaban J connectivity index is 2.40. The van der Waals surface area contributed by atoms with Gasteiger partial charge >= 0.3 is 6.18 Å². The highest BCUT2D eigenvalue weighted by atomic mass is 19.4. The molecule has 0 unspecified atom stereocenters. The topological polar surface area (TPSA) is 41.1 Å².